The normalized spacial score (nSPS) is 9.56. The van der Waals surface area contributed by atoms with Crippen LogP contribution in [0, 0.1) is 7.05 Å². The van der Waals surface area contributed by atoms with Gasteiger partial charge in [0.25, 0.3) is 0 Å². The van der Waals surface area contributed by atoms with Gasteiger partial charge in [0.1, 0.15) is 0 Å². The molecule has 0 aliphatic carbocycles. The van der Waals surface area contributed by atoms with Crippen molar-refractivity contribution in [1.29, 1.82) is 0 Å². The fourth-order valence-corrected chi connectivity index (χ4v) is 0.413. The summed E-state index contributed by atoms with van der Waals surface area (Å²) in [6.45, 7) is 8.01. The van der Waals surface area contributed by atoms with E-state index in [9.17, 15) is 0 Å². The van der Waals surface area contributed by atoms with Crippen molar-refractivity contribution in [2.45, 2.75) is 6.92 Å². The van der Waals surface area contributed by atoms with Gasteiger partial charge in [-0.05, 0) is 6.92 Å². The number of nitrogens with two attached hydrogens (primary N) is 1. The van der Waals surface area contributed by atoms with Gasteiger partial charge in [0.15, 0.2) is 0 Å². The molecule has 0 aromatic heterocycles. The van der Waals surface area contributed by atoms with Gasteiger partial charge in [-0.3, -0.25) is 0 Å². The monoisotopic (exact) mass is 129 g/mol. The van der Waals surface area contributed by atoms with Crippen LogP contribution in [0.25, 0.3) is 0 Å². The Bertz CT molecular complexity index is 81.0. The molecule has 0 aromatic carbocycles. The maximum absolute atomic E-state index is 5.16. The minimum Gasteiger partial charge on any atom is -0.477 e. The lowest BCUT2D eigenvalue weighted by molar-refractivity contribution is -0.597. The summed E-state index contributed by atoms with van der Waals surface area (Å²) >= 11 is 0. The molecule has 0 fully saturated rings. The zero-order valence-corrected chi connectivity index (χ0v) is 6.02. The highest BCUT2D eigenvalue weighted by atomic mass is 16.5. The number of ether oxygens (including phenoxy) is 1. The van der Waals surface area contributed by atoms with Gasteiger partial charge in [0.2, 0.25) is 0 Å². The van der Waals surface area contributed by atoms with E-state index < -0.39 is 0 Å². The first kappa shape index (κ1) is 8.66. The van der Waals surface area contributed by atoms with Crippen molar-refractivity contribution in [2.24, 2.45) is 0 Å². The SMILES string of the molecule is C=C(C)COCC[NH2+][CH2-]. The van der Waals surface area contributed by atoms with Crippen LogP contribution in [-0.4, -0.2) is 19.8 Å². The van der Waals surface area contributed by atoms with Crippen LogP contribution in [0.15, 0.2) is 12.2 Å². The van der Waals surface area contributed by atoms with E-state index >= 15 is 0 Å². The lowest BCUT2D eigenvalue weighted by atomic mass is 10.4. The molecule has 0 saturated carbocycles. The molecule has 2 nitrogen and oxygen atoms in total. The molecule has 0 rings (SSSR count). The third kappa shape index (κ3) is 7.66. The van der Waals surface area contributed by atoms with Crippen LogP contribution >= 0.6 is 0 Å². The molecule has 0 saturated heterocycles. The van der Waals surface area contributed by atoms with Crippen LogP contribution in [0.1, 0.15) is 6.92 Å². The lowest BCUT2D eigenvalue weighted by Gasteiger charge is -2.01. The number of rotatable bonds is 5. The fourth-order valence-electron chi connectivity index (χ4n) is 0.413. The van der Waals surface area contributed by atoms with E-state index in [4.69, 9.17) is 4.74 Å². The molecule has 0 unspecified atom stereocenters. The molecular weight excluding hydrogens is 114 g/mol. The highest BCUT2D eigenvalue weighted by molar-refractivity contribution is 4.87. The molecule has 0 heterocycles. The predicted molar refractivity (Wildman–Crippen MR) is 37.8 cm³/mol. The molecule has 2 heteroatoms. The topological polar surface area (TPSA) is 25.8 Å². The van der Waals surface area contributed by atoms with Crippen LogP contribution in [0.3, 0.4) is 0 Å². The molecule has 0 bridgehead atoms. The van der Waals surface area contributed by atoms with E-state index in [2.05, 4.69) is 13.6 Å². The number of hydrogen-bond acceptors (Lipinski definition) is 1. The zero-order valence-electron chi connectivity index (χ0n) is 6.02. The fraction of sp³-hybridized carbons (Fsp3) is 0.571. The second-order valence-corrected chi connectivity index (χ2v) is 2.09. The molecule has 9 heavy (non-hydrogen) atoms. The number of quaternary nitrogens is 1. The van der Waals surface area contributed by atoms with E-state index in [1.54, 1.807) is 0 Å². The van der Waals surface area contributed by atoms with E-state index in [-0.39, 0.29) is 0 Å². The van der Waals surface area contributed by atoms with Gasteiger partial charge in [0, 0.05) is 0 Å². The smallest absolute Gasteiger partial charge is 0.0938 e. The second kappa shape index (κ2) is 5.79. The van der Waals surface area contributed by atoms with E-state index in [0.29, 0.717) is 6.61 Å². The van der Waals surface area contributed by atoms with Crippen LogP contribution < -0.4 is 5.32 Å². The molecule has 0 aromatic rings. The third-order valence-electron chi connectivity index (χ3n) is 0.815. The Morgan fingerprint density at radius 3 is 2.89 bits per heavy atom. The summed E-state index contributed by atoms with van der Waals surface area (Å²) in [6, 6.07) is 0. The minimum atomic E-state index is 0.674. The number of hydrogen-bond donors (Lipinski definition) is 1. The first-order chi connectivity index (χ1) is 4.27. The maximum atomic E-state index is 5.16. The summed E-state index contributed by atoms with van der Waals surface area (Å²) in [5.41, 5.74) is 1.07. The molecule has 0 atom stereocenters. The average molecular weight is 129 g/mol. The first-order valence-corrected chi connectivity index (χ1v) is 3.10. The summed E-state index contributed by atoms with van der Waals surface area (Å²) < 4.78 is 5.16. The predicted octanol–water partition coefficient (Wildman–Crippen LogP) is -0.0659. The van der Waals surface area contributed by atoms with Gasteiger partial charge in [-0.1, -0.05) is 12.2 Å². The third-order valence-corrected chi connectivity index (χ3v) is 0.815. The zero-order chi connectivity index (χ0) is 7.11. The van der Waals surface area contributed by atoms with Gasteiger partial charge in [-0.15, -0.1) is 0 Å². The van der Waals surface area contributed by atoms with Crippen molar-refractivity contribution in [2.75, 3.05) is 19.8 Å². The van der Waals surface area contributed by atoms with Gasteiger partial charge < -0.3 is 10.1 Å². The molecular formula is C7H15NO. The lowest BCUT2D eigenvalue weighted by Crippen LogP contribution is -2.78. The van der Waals surface area contributed by atoms with Crippen molar-refractivity contribution >= 4 is 0 Å². The minimum absolute atomic E-state index is 0.674. The average Bonchev–Trinajstić information content (AvgIpc) is 1.80. The summed E-state index contributed by atoms with van der Waals surface area (Å²) in [4.78, 5) is 0. The van der Waals surface area contributed by atoms with Gasteiger partial charge in [-0.2, -0.15) is 7.05 Å². The second-order valence-electron chi connectivity index (χ2n) is 2.09. The first-order valence-electron chi connectivity index (χ1n) is 3.10. The van der Waals surface area contributed by atoms with Crippen LogP contribution in [-0.2, 0) is 4.74 Å². The Kier molecular flexibility index (Phi) is 5.57. The Labute approximate surface area is 56.9 Å². The Morgan fingerprint density at radius 2 is 2.44 bits per heavy atom. The highest BCUT2D eigenvalue weighted by Crippen LogP contribution is 1.85. The van der Waals surface area contributed by atoms with Gasteiger partial charge in [0.05, 0.1) is 19.8 Å². The summed E-state index contributed by atoms with van der Waals surface area (Å²) in [7, 11) is 3.57. The van der Waals surface area contributed by atoms with Crippen LogP contribution in [0.5, 0.6) is 0 Å². The Balaban J connectivity index is 2.83. The molecule has 0 aliphatic rings. The molecule has 54 valence electrons. The summed E-state index contributed by atoms with van der Waals surface area (Å²) in [5, 5.41) is 1.85. The van der Waals surface area contributed by atoms with E-state index in [1.807, 2.05) is 12.2 Å². The van der Waals surface area contributed by atoms with Crippen LogP contribution in [0.4, 0.5) is 0 Å². The van der Waals surface area contributed by atoms with Crippen LogP contribution in [0.2, 0.25) is 0 Å². The summed E-state index contributed by atoms with van der Waals surface area (Å²) in [5.74, 6) is 0. The molecule has 0 radical (unpaired) electrons. The Hall–Kier alpha value is -0.340. The van der Waals surface area contributed by atoms with Gasteiger partial charge in [-0.25, -0.2) is 0 Å². The largest absolute Gasteiger partial charge is 0.477 e. The standard InChI is InChI=1S/C7H15NO/c1-7(2)6-9-5-4-8-3/h1,3-6,8H2,2H3. The Morgan fingerprint density at radius 1 is 1.78 bits per heavy atom. The van der Waals surface area contributed by atoms with Crippen molar-refractivity contribution < 1.29 is 10.1 Å². The maximum Gasteiger partial charge on any atom is 0.0938 e. The van der Waals surface area contributed by atoms with Crippen molar-refractivity contribution in [3.63, 3.8) is 0 Å². The van der Waals surface area contributed by atoms with Crippen molar-refractivity contribution in [3.05, 3.63) is 19.2 Å². The van der Waals surface area contributed by atoms with E-state index in [1.165, 1.54) is 0 Å². The van der Waals surface area contributed by atoms with E-state index in [0.717, 1.165) is 18.7 Å². The molecule has 0 spiro atoms. The summed E-state index contributed by atoms with van der Waals surface area (Å²) in [6.07, 6.45) is 0. The molecule has 2 N–H and O–H groups in total. The van der Waals surface area contributed by atoms with Crippen molar-refractivity contribution in [1.82, 2.24) is 0 Å². The van der Waals surface area contributed by atoms with Gasteiger partial charge >= 0.3 is 0 Å². The highest BCUT2D eigenvalue weighted by Gasteiger charge is 1.85. The van der Waals surface area contributed by atoms with Crippen molar-refractivity contribution in [3.8, 4) is 0 Å². The quantitative estimate of drug-likeness (QED) is 0.314. The molecule has 0 aliphatic heterocycles. The molecule has 0 amide bonds.